The lowest BCUT2D eigenvalue weighted by Gasteiger charge is -2.23. The van der Waals surface area contributed by atoms with Gasteiger partial charge in [-0.15, -0.1) is 11.3 Å². The van der Waals surface area contributed by atoms with E-state index in [0.29, 0.717) is 19.7 Å². The van der Waals surface area contributed by atoms with Gasteiger partial charge in [-0.05, 0) is 17.4 Å². The average Bonchev–Trinajstić information content (AvgIpc) is 3.28. The quantitative estimate of drug-likeness (QED) is 0.605. The Kier molecular flexibility index (Phi) is 3.77. The van der Waals surface area contributed by atoms with Gasteiger partial charge in [0.05, 0.1) is 31.7 Å². The first-order valence-corrected chi connectivity index (χ1v) is 9.23. The maximum absolute atomic E-state index is 13.0. The third kappa shape index (κ3) is 2.40. The fourth-order valence-corrected chi connectivity index (χ4v) is 4.64. The summed E-state index contributed by atoms with van der Waals surface area (Å²) in [6.45, 7) is 5.45. The number of carbonyl (C=O) groups excluding carboxylic acids is 2. The summed E-state index contributed by atoms with van der Waals surface area (Å²) in [6, 6.07) is 4.00. The molecule has 4 atom stereocenters. The molecule has 2 saturated heterocycles. The first-order valence-electron chi connectivity index (χ1n) is 8.35. The van der Waals surface area contributed by atoms with Gasteiger partial charge in [0.2, 0.25) is 5.91 Å². The van der Waals surface area contributed by atoms with Gasteiger partial charge >= 0.3 is 5.97 Å². The number of esters is 1. The lowest BCUT2D eigenvalue weighted by atomic mass is 9.77. The van der Waals surface area contributed by atoms with Gasteiger partial charge in [-0.3, -0.25) is 9.59 Å². The van der Waals surface area contributed by atoms with E-state index in [1.165, 1.54) is 0 Å². The summed E-state index contributed by atoms with van der Waals surface area (Å²) in [7, 11) is 0. The van der Waals surface area contributed by atoms with E-state index < -0.39 is 17.4 Å². The number of thiophene rings is 1. The number of rotatable bonds is 5. The third-order valence-corrected chi connectivity index (χ3v) is 5.80. The number of hydrogen-bond donors (Lipinski definition) is 0. The second kappa shape index (κ2) is 5.70. The SMILES string of the molecule is CC(C)COC(=O)[C@H]1[C@H]2C(=O)N(Cc3cccs3)C[C@]23C=C[C@H]1O3. The summed E-state index contributed by atoms with van der Waals surface area (Å²) >= 11 is 1.63. The number of fused-ring (bicyclic) bond motifs is 1. The van der Waals surface area contributed by atoms with Crippen LogP contribution in [0.5, 0.6) is 0 Å². The summed E-state index contributed by atoms with van der Waals surface area (Å²) in [6.07, 6.45) is 3.56. The number of likely N-dealkylation sites (tertiary alicyclic amines) is 1. The Morgan fingerprint density at radius 2 is 2.38 bits per heavy atom. The van der Waals surface area contributed by atoms with Crippen LogP contribution >= 0.6 is 11.3 Å². The van der Waals surface area contributed by atoms with Crippen LogP contribution in [0.2, 0.25) is 0 Å². The topological polar surface area (TPSA) is 55.8 Å². The Hall–Kier alpha value is -1.66. The standard InChI is InChI=1S/C18H21NO4S/c1-11(2)9-22-17(21)14-13-5-6-18(23-13)10-19(16(20)15(14)18)8-12-4-3-7-24-12/h3-7,11,13-15H,8-10H2,1-2H3/t13-,14-,15+,18-/m1/s1. The van der Waals surface area contributed by atoms with Crippen LogP contribution in [0.1, 0.15) is 18.7 Å². The highest BCUT2D eigenvalue weighted by Gasteiger charge is 2.67. The summed E-state index contributed by atoms with van der Waals surface area (Å²) in [5.74, 6) is -1.01. The Bertz CT molecular complexity index is 683. The highest BCUT2D eigenvalue weighted by Crippen LogP contribution is 2.52. The van der Waals surface area contributed by atoms with Crippen molar-refractivity contribution in [1.29, 1.82) is 0 Å². The normalized spacial score (nSPS) is 33.5. The number of ether oxygens (including phenoxy) is 2. The molecule has 0 N–H and O–H groups in total. The molecule has 2 bridgehead atoms. The van der Waals surface area contributed by atoms with E-state index in [-0.39, 0.29) is 23.9 Å². The van der Waals surface area contributed by atoms with Gasteiger partial charge in [-0.2, -0.15) is 0 Å². The molecule has 3 aliphatic heterocycles. The highest BCUT2D eigenvalue weighted by molar-refractivity contribution is 7.09. The molecule has 0 aliphatic carbocycles. The molecule has 0 unspecified atom stereocenters. The molecule has 4 rings (SSSR count). The fraction of sp³-hybridized carbons (Fsp3) is 0.556. The molecule has 0 saturated carbocycles. The molecule has 6 heteroatoms. The van der Waals surface area contributed by atoms with Crippen molar-refractivity contribution in [1.82, 2.24) is 4.90 Å². The monoisotopic (exact) mass is 347 g/mol. The zero-order valence-electron chi connectivity index (χ0n) is 13.8. The van der Waals surface area contributed by atoms with Crippen molar-refractivity contribution in [3.63, 3.8) is 0 Å². The van der Waals surface area contributed by atoms with E-state index in [4.69, 9.17) is 9.47 Å². The zero-order chi connectivity index (χ0) is 16.9. The van der Waals surface area contributed by atoms with E-state index in [1.54, 1.807) is 11.3 Å². The van der Waals surface area contributed by atoms with Crippen molar-refractivity contribution in [2.24, 2.45) is 17.8 Å². The maximum Gasteiger partial charge on any atom is 0.312 e. The van der Waals surface area contributed by atoms with Crippen molar-refractivity contribution >= 4 is 23.2 Å². The first-order chi connectivity index (χ1) is 11.5. The number of amides is 1. The predicted octanol–water partition coefficient (Wildman–Crippen LogP) is 2.23. The van der Waals surface area contributed by atoms with Crippen LogP contribution in [0.15, 0.2) is 29.7 Å². The van der Waals surface area contributed by atoms with Crippen molar-refractivity contribution in [2.75, 3.05) is 13.2 Å². The summed E-state index contributed by atoms with van der Waals surface area (Å²) in [5, 5.41) is 2.00. The summed E-state index contributed by atoms with van der Waals surface area (Å²) in [5.41, 5.74) is -0.652. The van der Waals surface area contributed by atoms with E-state index in [9.17, 15) is 9.59 Å². The van der Waals surface area contributed by atoms with Gasteiger partial charge in [0, 0.05) is 4.88 Å². The van der Waals surface area contributed by atoms with E-state index in [1.807, 2.05) is 48.4 Å². The number of hydrogen-bond acceptors (Lipinski definition) is 5. The van der Waals surface area contributed by atoms with Gasteiger partial charge in [0.1, 0.15) is 11.5 Å². The summed E-state index contributed by atoms with van der Waals surface area (Å²) in [4.78, 5) is 28.5. The van der Waals surface area contributed by atoms with Gasteiger partial charge in [-0.25, -0.2) is 0 Å². The van der Waals surface area contributed by atoms with Gasteiger partial charge in [0.25, 0.3) is 0 Å². The van der Waals surface area contributed by atoms with Crippen LogP contribution in [0, 0.1) is 17.8 Å². The van der Waals surface area contributed by atoms with Gasteiger partial charge < -0.3 is 14.4 Å². The van der Waals surface area contributed by atoms with Crippen molar-refractivity contribution in [3.8, 4) is 0 Å². The van der Waals surface area contributed by atoms with Crippen LogP contribution in [0.25, 0.3) is 0 Å². The molecule has 1 aromatic heterocycles. The van der Waals surface area contributed by atoms with Crippen molar-refractivity contribution in [2.45, 2.75) is 32.1 Å². The molecule has 3 aliphatic rings. The highest BCUT2D eigenvalue weighted by atomic mass is 32.1. The molecule has 1 spiro atoms. The minimum atomic E-state index is -0.652. The van der Waals surface area contributed by atoms with Gasteiger partial charge in [0.15, 0.2) is 0 Å². The minimum Gasteiger partial charge on any atom is -0.465 e. The Morgan fingerprint density at radius 3 is 3.08 bits per heavy atom. The third-order valence-electron chi connectivity index (χ3n) is 4.94. The van der Waals surface area contributed by atoms with Crippen molar-refractivity contribution in [3.05, 3.63) is 34.5 Å². The number of nitrogens with zero attached hydrogens (tertiary/aromatic N) is 1. The first kappa shape index (κ1) is 15.8. The van der Waals surface area contributed by atoms with Crippen LogP contribution in [-0.2, 0) is 25.6 Å². The van der Waals surface area contributed by atoms with Gasteiger partial charge in [-0.1, -0.05) is 32.1 Å². The second-order valence-electron chi connectivity index (χ2n) is 7.20. The van der Waals surface area contributed by atoms with E-state index in [0.717, 1.165) is 4.88 Å². The van der Waals surface area contributed by atoms with Crippen LogP contribution < -0.4 is 0 Å². The molecule has 1 amide bonds. The van der Waals surface area contributed by atoms with Crippen LogP contribution in [-0.4, -0.2) is 41.6 Å². The minimum absolute atomic E-state index is 0.00162. The molecule has 5 nitrogen and oxygen atoms in total. The average molecular weight is 347 g/mol. The predicted molar refractivity (Wildman–Crippen MR) is 89.3 cm³/mol. The molecule has 128 valence electrons. The molecule has 1 aromatic rings. The smallest absolute Gasteiger partial charge is 0.312 e. The van der Waals surface area contributed by atoms with Crippen molar-refractivity contribution < 1.29 is 19.1 Å². The zero-order valence-corrected chi connectivity index (χ0v) is 14.6. The molecule has 24 heavy (non-hydrogen) atoms. The molecule has 0 aromatic carbocycles. The lowest BCUT2D eigenvalue weighted by molar-refractivity contribution is -0.154. The Balaban J connectivity index is 1.54. The van der Waals surface area contributed by atoms with Crippen LogP contribution in [0.4, 0.5) is 0 Å². The molecular weight excluding hydrogens is 326 g/mol. The molecule has 0 radical (unpaired) electrons. The Labute approximate surface area is 145 Å². The van der Waals surface area contributed by atoms with E-state index in [2.05, 4.69) is 0 Å². The molecular formula is C18H21NO4S. The van der Waals surface area contributed by atoms with E-state index >= 15 is 0 Å². The molecule has 2 fully saturated rings. The molecule has 4 heterocycles. The lowest BCUT2D eigenvalue weighted by Crippen LogP contribution is -2.40. The Morgan fingerprint density at radius 1 is 1.54 bits per heavy atom. The largest absolute Gasteiger partial charge is 0.465 e. The fourth-order valence-electron chi connectivity index (χ4n) is 3.92. The number of carbonyl (C=O) groups is 2. The van der Waals surface area contributed by atoms with Crippen LogP contribution in [0.3, 0.4) is 0 Å². The summed E-state index contributed by atoms with van der Waals surface area (Å²) < 4.78 is 11.5. The maximum atomic E-state index is 13.0. The second-order valence-corrected chi connectivity index (χ2v) is 8.23.